The fourth-order valence-electron chi connectivity index (χ4n) is 3.78. The van der Waals surface area contributed by atoms with Gasteiger partial charge < -0.3 is 10.2 Å². The molecule has 0 unspecified atom stereocenters. The average molecular weight is 357 g/mol. The molecule has 0 atom stereocenters. The summed E-state index contributed by atoms with van der Waals surface area (Å²) in [6.07, 6.45) is 8.22. The Bertz CT molecular complexity index is 714. The van der Waals surface area contributed by atoms with Gasteiger partial charge in [-0.1, -0.05) is 25.8 Å². The number of hydrogen-bond donors (Lipinski definition) is 1. The highest BCUT2D eigenvalue weighted by atomic mass is 15.3. The van der Waals surface area contributed by atoms with Crippen molar-refractivity contribution in [3.8, 4) is 0 Å². The average Bonchev–Trinajstić information content (AvgIpc) is 3.06. The van der Waals surface area contributed by atoms with Crippen LogP contribution in [0.15, 0.2) is 29.4 Å². The second-order valence-electron chi connectivity index (χ2n) is 7.54. The standard InChI is InChI=1S/C20H32N6/c1-4-21-20(25(3)15-17-10-8-16(2)9-11-17)22-13-12-19-24-23-18-7-5-6-14-26(18)19/h5-7,14,16-17H,4,8-13,15H2,1-3H3,(H,21,22). The topological polar surface area (TPSA) is 57.8 Å². The van der Waals surface area contributed by atoms with Gasteiger partial charge in [0.15, 0.2) is 11.6 Å². The van der Waals surface area contributed by atoms with Gasteiger partial charge in [-0.15, -0.1) is 10.2 Å². The fourth-order valence-corrected chi connectivity index (χ4v) is 3.78. The number of pyridine rings is 1. The summed E-state index contributed by atoms with van der Waals surface area (Å²) in [5.74, 6) is 3.65. The van der Waals surface area contributed by atoms with Crippen molar-refractivity contribution in [2.75, 3.05) is 26.7 Å². The van der Waals surface area contributed by atoms with Gasteiger partial charge in [0.05, 0.1) is 0 Å². The molecule has 0 radical (unpaired) electrons. The van der Waals surface area contributed by atoms with E-state index in [1.165, 1.54) is 25.7 Å². The van der Waals surface area contributed by atoms with Gasteiger partial charge in [0.1, 0.15) is 5.82 Å². The molecule has 142 valence electrons. The van der Waals surface area contributed by atoms with E-state index >= 15 is 0 Å². The molecule has 2 aromatic rings. The maximum Gasteiger partial charge on any atom is 0.193 e. The highest BCUT2D eigenvalue weighted by Gasteiger charge is 2.20. The summed E-state index contributed by atoms with van der Waals surface area (Å²) in [5.41, 5.74) is 0.891. The lowest BCUT2D eigenvalue weighted by atomic mass is 9.83. The molecule has 2 heterocycles. The minimum absolute atomic E-state index is 0.712. The zero-order chi connectivity index (χ0) is 18.4. The largest absolute Gasteiger partial charge is 0.357 e. The van der Waals surface area contributed by atoms with Gasteiger partial charge in [0.2, 0.25) is 0 Å². The molecule has 2 aromatic heterocycles. The van der Waals surface area contributed by atoms with E-state index < -0.39 is 0 Å². The van der Waals surface area contributed by atoms with Crippen LogP contribution in [0, 0.1) is 11.8 Å². The van der Waals surface area contributed by atoms with E-state index in [1.807, 2.05) is 28.8 Å². The molecule has 0 aromatic carbocycles. The fraction of sp³-hybridized carbons (Fsp3) is 0.650. The summed E-state index contributed by atoms with van der Waals surface area (Å²) in [6, 6.07) is 5.96. The van der Waals surface area contributed by atoms with Crippen molar-refractivity contribution in [2.24, 2.45) is 16.8 Å². The maximum atomic E-state index is 4.83. The van der Waals surface area contributed by atoms with Crippen molar-refractivity contribution in [3.05, 3.63) is 30.2 Å². The molecule has 0 spiro atoms. The van der Waals surface area contributed by atoms with Crippen molar-refractivity contribution in [3.63, 3.8) is 0 Å². The van der Waals surface area contributed by atoms with Gasteiger partial charge in [-0.05, 0) is 43.7 Å². The third-order valence-corrected chi connectivity index (χ3v) is 5.35. The van der Waals surface area contributed by atoms with E-state index in [4.69, 9.17) is 4.99 Å². The van der Waals surface area contributed by atoms with Gasteiger partial charge in [-0.3, -0.25) is 9.39 Å². The molecule has 0 saturated heterocycles. The number of fused-ring (bicyclic) bond motifs is 1. The first-order valence-corrected chi connectivity index (χ1v) is 9.95. The Hall–Kier alpha value is -2.11. The van der Waals surface area contributed by atoms with Crippen molar-refractivity contribution in [1.29, 1.82) is 0 Å². The number of nitrogens with zero attached hydrogens (tertiary/aromatic N) is 5. The molecule has 26 heavy (non-hydrogen) atoms. The van der Waals surface area contributed by atoms with Crippen LogP contribution in [0.1, 0.15) is 45.4 Å². The van der Waals surface area contributed by atoms with Gasteiger partial charge in [0, 0.05) is 39.3 Å². The monoisotopic (exact) mass is 356 g/mol. The van der Waals surface area contributed by atoms with Crippen LogP contribution < -0.4 is 5.32 Å². The molecular formula is C20H32N6. The van der Waals surface area contributed by atoms with Gasteiger partial charge in [-0.2, -0.15) is 0 Å². The van der Waals surface area contributed by atoms with E-state index in [-0.39, 0.29) is 0 Å². The van der Waals surface area contributed by atoms with Crippen molar-refractivity contribution in [1.82, 2.24) is 24.8 Å². The van der Waals surface area contributed by atoms with E-state index in [9.17, 15) is 0 Å². The second kappa shape index (κ2) is 9.01. The molecule has 6 nitrogen and oxygen atoms in total. The zero-order valence-electron chi connectivity index (χ0n) is 16.4. The van der Waals surface area contributed by atoms with Crippen molar-refractivity contribution < 1.29 is 0 Å². The third-order valence-electron chi connectivity index (χ3n) is 5.35. The summed E-state index contributed by atoms with van der Waals surface area (Å²) in [6.45, 7) is 7.19. The van der Waals surface area contributed by atoms with Crippen molar-refractivity contribution >= 4 is 11.6 Å². The molecule has 6 heteroatoms. The number of nitrogens with one attached hydrogen (secondary N) is 1. The van der Waals surface area contributed by atoms with Crippen LogP contribution in [0.25, 0.3) is 5.65 Å². The first-order valence-electron chi connectivity index (χ1n) is 9.95. The van der Waals surface area contributed by atoms with Crippen LogP contribution in [-0.4, -0.2) is 52.1 Å². The molecule has 1 saturated carbocycles. The Morgan fingerprint density at radius 3 is 2.85 bits per heavy atom. The SMILES string of the molecule is CCNC(=NCCc1nnc2ccccn12)N(C)CC1CCC(C)CC1. The van der Waals surface area contributed by atoms with Gasteiger partial charge in [-0.25, -0.2) is 0 Å². The molecule has 0 bridgehead atoms. The lowest BCUT2D eigenvalue weighted by Crippen LogP contribution is -2.42. The van der Waals surface area contributed by atoms with E-state index in [2.05, 4.69) is 41.3 Å². The molecule has 1 N–H and O–H groups in total. The van der Waals surface area contributed by atoms with Crippen LogP contribution in [-0.2, 0) is 6.42 Å². The molecule has 0 amide bonds. The Labute approximate surface area is 156 Å². The van der Waals surface area contributed by atoms with Gasteiger partial charge in [0.25, 0.3) is 0 Å². The summed E-state index contributed by atoms with van der Waals surface area (Å²) in [4.78, 5) is 7.12. The highest BCUT2D eigenvalue weighted by Crippen LogP contribution is 2.28. The van der Waals surface area contributed by atoms with Crippen LogP contribution in [0.3, 0.4) is 0 Å². The summed E-state index contributed by atoms with van der Waals surface area (Å²) >= 11 is 0. The number of hydrogen-bond acceptors (Lipinski definition) is 3. The smallest absolute Gasteiger partial charge is 0.193 e. The number of aromatic nitrogens is 3. The maximum absolute atomic E-state index is 4.83. The predicted octanol–water partition coefficient (Wildman–Crippen LogP) is 3.00. The number of guanidine groups is 1. The predicted molar refractivity (Wildman–Crippen MR) is 106 cm³/mol. The third kappa shape index (κ3) is 4.74. The van der Waals surface area contributed by atoms with E-state index in [1.54, 1.807) is 0 Å². The first-order chi connectivity index (χ1) is 12.7. The molecule has 1 fully saturated rings. The highest BCUT2D eigenvalue weighted by molar-refractivity contribution is 5.79. The number of rotatable bonds is 6. The Balaban J connectivity index is 1.57. The Kier molecular flexibility index (Phi) is 6.47. The minimum Gasteiger partial charge on any atom is -0.357 e. The van der Waals surface area contributed by atoms with Crippen LogP contribution >= 0.6 is 0 Å². The van der Waals surface area contributed by atoms with Crippen LogP contribution in [0.2, 0.25) is 0 Å². The Morgan fingerprint density at radius 1 is 1.27 bits per heavy atom. The summed E-state index contributed by atoms with van der Waals surface area (Å²) < 4.78 is 2.04. The Morgan fingerprint density at radius 2 is 2.08 bits per heavy atom. The zero-order valence-corrected chi connectivity index (χ0v) is 16.4. The lowest BCUT2D eigenvalue weighted by Gasteiger charge is -2.31. The van der Waals surface area contributed by atoms with E-state index in [0.29, 0.717) is 6.54 Å². The van der Waals surface area contributed by atoms with E-state index in [0.717, 1.165) is 48.8 Å². The van der Waals surface area contributed by atoms with Crippen LogP contribution in [0.5, 0.6) is 0 Å². The molecule has 0 aliphatic heterocycles. The van der Waals surface area contributed by atoms with Gasteiger partial charge >= 0.3 is 0 Å². The van der Waals surface area contributed by atoms with Crippen LogP contribution in [0.4, 0.5) is 0 Å². The minimum atomic E-state index is 0.712. The molecular weight excluding hydrogens is 324 g/mol. The van der Waals surface area contributed by atoms with Crippen molar-refractivity contribution in [2.45, 2.75) is 46.0 Å². The molecule has 1 aliphatic rings. The summed E-state index contributed by atoms with van der Waals surface area (Å²) in [7, 11) is 2.16. The first kappa shape index (κ1) is 18.7. The second-order valence-corrected chi connectivity index (χ2v) is 7.54. The normalized spacial score (nSPS) is 21.1. The number of aliphatic imine (C=N–C) groups is 1. The lowest BCUT2D eigenvalue weighted by molar-refractivity contribution is 0.250. The quantitative estimate of drug-likeness (QED) is 0.638. The molecule has 3 rings (SSSR count). The molecule has 1 aliphatic carbocycles. The summed E-state index contributed by atoms with van der Waals surface area (Å²) in [5, 5.41) is 11.9.